The van der Waals surface area contributed by atoms with Gasteiger partial charge in [0, 0.05) is 2.74 Å². The number of hydrogen-bond donors (Lipinski definition) is 0. The van der Waals surface area contributed by atoms with E-state index in [2.05, 4.69) is 4.74 Å². The van der Waals surface area contributed by atoms with Crippen LogP contribution in [0.2, 0.25) is 0 Å². The fourth-order valence-electron chi connectivity index (χ4n) is 0.690. The van der Waals surface area contributed by atoms with E-state index in [-0.39, 0.29) is 0 Å². The van der Waals surface area contributed by atoms with Crippen LogP contribution in [0, 0.1) is 0 Å². The minimum Gasteiger partial charge on any atom is -0.469 e. The number of carbonyl (C=O) groups excluding carboxylic acids is 1. The van der Waals surface area contributed by atoms with Crippen LogP contribution < -0.4 is 0 Å². The maximum absolute atomic E-state index is 11.0. The highest BCUT2D eigenvalue weighted by atomic mass is 16.5. The molecule has 0 fully saturated rings. The van der Waals surface area contributed by atoms with Gasteiger partial charge >= 0.3 is 5.97 Å². The fraction of sp³-hybridized carbons (Fsp3) is 0.222. The molecule has 0 heterocycles. The maximum atomic E-state index is 11.0. The molecule has 0 aromatic heterocycles. The van der Waals surface area contributed by atoms with Gasteiger partial charge in [0.2, 0.25) is 0 Å². The van der Waals surface area contributed by atoms with Crippen molar-refractivity contribution < 1.29 is 12.3 Å². The summed E-state index contributed by atoms with van der Waals surface area (Å²) in [6.07, 6.45) is -2.06. The highest BCUT2D eigenvalue weighted by molar-refractivity contribution is 5.72. The second-order valence-electron chi connectivity index (χ2n) is 1.98. The van der Waals surface area contributed by atoms with E-state index in [0.29, 0.717) is 5.56 Å². The van der Waals surface area contributed by atoms with Crippen LogP contribution in [-0.2, 0) is 15.9 Å². The Morgan fingerprint density at radius 3 is 2.73 bits per heavy atom. The van der Waals surface area contributed by atoms with Crippen molar-refractivity contribution in [1.82, 2.24) is 0 Å². The van der Waals surface area contributed by atoms with Gasteiger partial charge in [0.15, 0.2) is 0 Å². The molecular weight excluding hydrogens is 140 g/mol. The van der Waals surface area contributed by atoms with Gasteiger partial charge in [-0.05, 0) is 5.56 Å². The average Bonchev–Trinajstić information content (AvgIpc) is 2.18. The molecule has 0 aliphatic heterocycles. The van der Waals surface area contributed by atoms with Crippen LogP contribution in [0.25, 0.3) is 0 Å². The van der Waals surface area contributed by atoms with Gasteiger partial charge in [0.05, 0.1) is 13.5 Å². The van der Waals surface area contributed by atoms with Gasteiger partial charge in [-0.3, -0.25) is 4.79 Å². The summed E-state index contributed by atoms with van der Waals surface area (Å²) in [7, 11) is 1.17. The molecule has 0 radical (unpaired) electrons. The Morgan fingerprint density at radius 2 is 2.18 bits per heavy atom. The van der Waals surface area contributed by atoms with Crippen molar-refractivity contribution in [3.63, 3.8) is 0 Å². The quantitative estimate of drug-likeness (QED) is 0.599. The summed E-state index contributed by atoms with van der Waals surface area (Å²) in [6, 6.07) is 8.22. The van der Waals surface area contributed by atoms with E-state index >= 15 is 0 Å². The first-order valence-electron chi connectivity index (χ1n) is 4.23. The van der Waals surface area contributed by atoms with Gasteiger partial charge in [-0.2, -0.15) is 0 Å². The van der Waals surface area contributed by atoms with Crippen LogP contribution in [0.1, 0.15) is 8.30 Å². The van der Waals surface area contributed by atoms with Gasteiger partial charge in [0.25, 0.3) is 0 Å². The van der Waals surface area contributed by atoms with E-state index < -0.39 is 12.3 Å². The summed E-state index contributed by atoms with van der Waals surface area (Å²) in [6.45, 7) is 0. The zero-order valence-electron chi connectivity index (χ0n) is 8.20. The number of ether oxygens (including phenoxy) is 1. The molecule has 11 heavy (non-hydrogen) atoms. The second kappa shape index (κ2) is 3.76. The summed E-state index contributed by atoms with van der Waals surface area (Å²) < 4.78 is 19.3. The Hall–Kier alpha value is -1.31. The van der Waals surface area contributed by atoms with Crippen LogP contribution in [0.3, 0.4) is 0 Å². The number of hydrogen-bond acceptors (Lipinski definition) is 2. The number of carbonyl (C=O) groups is 1. The molecule has 0 spiro atoms. The van der Waals surface area contributed by atoms with Crippen molar-refractivity contribution in [1.29, 1.82) is 0 Å². The molecule has 0 N–H and O–H groups in total. The molecule has 0 bridgehead atoms. The molecule has 0 aliphatic carbocycles. The lowest BCUT2D eigenvalue weighted by Crippen LogP contribution is -2.03. The number of benzene rings is 1. The third-order valence-corrected chi connectivity index (χ3v) is 1.21. The first-order valence-corrected chi connectivity index (χ1v) is 3.23. The Bertz CT molecular complexity index is 296. The lowest BCUT2D eigenvalue weighted by Gasteiger charge is -1.97. The minimum atomic E-state index is -2.06. The third kappa shape index (κ3) is 2.42. The Kier molecular flexibility index (Phi) is 1.83. The largest absolute Gasteiger partial charge is 0.469 e. The first kappa shape index (κ1) is 5.35. The van der Waals surface area contributed by atoms with Gasteiger partial charge in [0.1, 0.15) is 0 Å². The predicted octanol–water partition coefficient (Wildman–Crippen LogP) is 1.40. The highest BCUT2D eigenvalue weighted by Crippen LogP contribution is 1.99. The molecule has 2 nitrogen and oxygen atoms in total. The van der Waals surface area contributed by atoms with Gasteiger partial charge in [-0.15, -0.1) is 0 Å². The first-order chi connectivity index (χ1) is 6.09. The van der Waals surface area contributed by atoms with E-state index in [9.17, 15) is 4.79 Å². The van der Waals surface area contributed by atoms with E-state index in [1.165, 1.54) is 7.11 Å². The SMILES string of the molecule is [2H]C([2H])(C(=O)OC)c1ccccc1. The summed E-state index contributed by atoms with van der Waals surface area (Å²) >= 11 is 0. The second-order valence-corrected chi connectivity index (χ2v) is 1.98. The van der Waals surface area contributed by atoms with Crippen molar-refractivity contribution in [2.24, 2.45) is 0 Å². The molecule has 1 aromatic carbocycles. The zero-order chi connectivity index (χ0) is 9.90. The predicted molar refractivity (Wildman–Crippen MR) is 42.2 cm³/mol. The molecule has 0 aliphatic rings. The van der Waals surface area contributed by atoms with Crippen LogP contribution in [-0.4, -0.2) is 13.1 Å². The minimum absolute atomic E-state index is 0.307. The van der Waals surface area contributed by atoms with Crippen molar-refractivity contribution >= 4 is 5.97 Å². The van der Waals surface area contributed by atoms with Gasteiger partial charge < -0.3 is 4.74 Å². The Labute approximate surface area is 68.6 Å². The molecule has 1 aromatic rings. The topological polar surface area (TPSA) is 26.3 Å². The Balaban J connectivity index is 3.00. The fourth-order valence-corrected chi connectivity index (χ4v) is 0.690. The molecule has 0 unspecified atom stereocenters. The molecular formula is C9H10O2. The average molecular weight is 152 g/mol. The summed E-state index contributed by atoms with van der Waals surface area (Å²) in [5.41, 5.74) is 0.307. The molecule has 2 heteroatoms. The van der Waals surface area contributed by atoms with Crippen LogP contribution in [0.5, 0.6) is 0 Å². The Morgan fingerprint density at radius 1 is 1.55 bits per heavy atom. The summed E-state index contributed by atoms with van der Waals surface area (Å²) in [4.78, 5) is 11.0. The molecule has 0 saturated carbocycles. The normalized spacial score (nSPS) is 13.2. The van der Waals surface area contributed by atoms with E-state index in [1.807, 2.05) is 0 Å². The molecule has 0 amide bonds. The van der Waals surface area contributed by atoms with Crippen LogP contribution in [0.15, 0.2) is 30.3 Å². The molecule has 0 saturated heterocycles. The molecule has 58 valence electrons. The lowest BCUT2D eigenvalue weighted by molar-refractivity contribution is -0.139. The molecule has 1 rings (SSSR count). The third-order valence-electron chi connectivity index (χ3n) is 1.21. The van der Waals surface area contributed by atoms with Crippen molar-refractivity contribution in [3.05, 3.63) is 35.9 Å². The van der Waals surface area contributed by atoms with Crippen molar-refractivity contribution in [2.75, 3.05) is 7.11 Å². The maximum Gasteiger partial charge on any atom is 0.309 e. The smallest absolute Gasteiger partial charge is 0.309 e. The summed E-state index contributed by atoms with van der Waals surface area (Å²) in [5, 5.41) is 0. The lowest BCUT2D eigenvalue weighted by atomic mass is 10.2. The van der Waals surface area contributed by atoms with Crippen molar-refractivity contribution in [3.8, 4) is 0 Å². The highest BCUT2D eigenvalue weighted by Gasteiger charge is 1.99. The van der Waals surface area contributed by atoms with Crippen molar-refractivity contribution in [2.45, 2.75) is 6.37 Å². The number of methoxy groups -OCH3 is 1. The van der Waals surface area contributed by atoms with Gasteiger partial charge in [-0.1, -0.05) is 30.3 Å². The zero-order valence-corrected chi connectivity index (χ0v) is 6.20. The van der Waals surface area contributed by atoms with Gasteiger partial charge in [-0.25, -0.2) is 0 Å². The van der Waals surface area contributed by atoms with E-state index in [4.69, 9.17) is 2.74 Å². The summed E-state index contributed by atoms with van der Waals surface area (Å²) in [5.74, 6) is -0.876. The standard InChI is InChI=1S/C9H10O2/c1-11-9(10)7-8-5-3-2-4-6-8/h2-6H,7H2,1H3/i7D2. The number of rotatable bonds is 2. The van der Waals surface area contributed by atoms with E-state index in [0.717, 1.165) is 0 Å². The number of esters is 1. The van der Waals surface area contributed by atoms with Crippen LogP contribution >= 0.6 is 0 Å². The monoisotopic (exact) mass is 152 g/mol. The van der Waals surface area contributed by atoms with E-state index in [1.54, 1.807) is 30.3 Å². The molecule has 0 atom stereocenters. The van der Waals surface area contributed by atoms with Crippen LogP contribution in [0.4, 0.5) is 0 Å².